The number of amides is 2. The van der Waals surface area contributed by atoms with Crippen molar-refractivity contribution in [1.82, 2.24) is 15.2 Å². The summed E-state index contributed by atoms with van der Waals surface area (Å²) in [5.41, 5.74) is 3.89. The Morgan fingerprint density at radius 2 is 1.89 bits per heavy atom. The van der Waals surface area contributed by atoms with Crippen LogP contribution >= 0.6 is 0 Å². The van der Waals surface area contributed by atoms with Crippen molar-refractivity contribution in [3.8, 4) is 5.75 Å². The Morgan fingerprint density at radius 1 is 1.05 bits per heavy atom. The number of nitrogens with zero attached hydrogens (tertiary/aromatic N) is 4. The monoisotopic (exact) mass is 518 g/mol. The van der Waals surface area contributed by atoms with Crippen LogP contribution in [0.4, 0.5) is 33.0 Å². The van der Waals surface area contributed by atoms with Crippen molar-refractivity contribution in [1.29, 1.82) is 0 Å². The summed E-state index contributed by atoms with van der Waals surface area (Å²) in [6, 6.07) is 14.4. The highest BCUT2D eigenvalue weighted by molar-refractivity contribution is 6.13. The van der Waals surface area contributed by atoms with Crippen molar-refractivity contribution in [3.05, 3.63) is 65.9 Å². The summed E-state index contributed by atoms with van der Waals surface area (Å²) < 4.78 is 18.7. The van der Waals surface area contributed by atoms with Crippen LogP contribution < -0.4 is 25.2 Å². The molecule has 2 aliphatic rings. The second-order valence-electron chi connectivity index (χ2n) is 9.27. The van der Waals surface area contributed by atoms with Gasteiger partial charge in [0, 0.05) is 45.4 Å². The fraction of sp³-hybridized carbons (Fsp3) is 0.321. The molecule has 0 spiro atoms. The highest BCUT2D eigenvalue weighted by atomic mass is 19.1. The number of hydrogen-bond donors (Lipinski definition) is 2. The van der Waals surface area contributed by atoms with Crippen molar-refractivity contribution >= 4 is 40.4 Å². The molecule has 0 unspecified atom stereocenters. The third-order valence-electron chi connectivity index (χ3n) is 6.84. The van der Waals surface area contributed by atoms with Gasteiger partial charge in [-0.15, -0.1) is 0 Å². The van der Waals surface area contributed by atoms with Gasteiger partial charge >= 0.3 is 0 Å². The zero-order valence-corrected chi connectivity index (χ0v) is 21.5. The maximum Gasteiger partial charge on any atom is 0.260 e. The normalized spacial score (nSPS) is 15.3. The third kappa shape index (κ3) is 4.99. The Morgan fingerprint density at radius 3 is 2.74 bits per heavy atom. The average Bonchev–Trinajstić information content (AvgIpc) is 3.27. The van der Waals surface area contributed by atoms with E-state index in [1.165, 1.54) is 0 Å². The lowest BCUT2D eigenvalue weighted by atomic mass is 10.1. The molecule has 0 aliphatic carbocycles. The van der Waals surface area contributed by atoms with Crippen molar-refractivity contribution < 1.29 is 18.7 Å². The zero-order chi connectivity index (χ0) is 26.6. The van der Waals surface area contributed by atoms with Gasteiger partial charge in [0.1, 0.15) is 24.8 Å². The lowest BCUT2D eigenvalue weighted by molar-refractivity contribution is 0.0765. The largest absolute Gasteiger partial charge is 0.489 e. The molecule has 10 heteroatoms. The number of halogens is 1. The van der Waals surface area contributed by atoms with Crippen LogP contribution in [0.15, 0.2) is 54.7 Å². The maximum absolute atomic E-state index is 13.1. The van der Waals surface area contributed by atoms with Crippen LogP contribution in [0.1, 0.15) is 27.1 Å². The van der Waals surface area contributed by atoms with Gasteiger partial charge in [-0.25, -0.2) is 9.37 Å². The number of rotatable bonds is 6. The van der Waals surface area contributed by atoms with E-state index in [0.29, 0.717) is 47.2 Å². The first-order valence-electron chi connectivity index (χ1n) is 12.7. The molecule has 0 saturated carbocycles. The summed E-state index contributed by atoms with van der Waals surface area (Å²) in [5, 5.41) is 6.55. The quantitative estimate of drug-likeness (QED) is 0.511. The van der Waals surface area contributed by atoms with Crippen molar-refractivity contribution in [3.63, 3.8) is 0 Å². The number of nitrogens with one attached hydrogen (secondary N) is 2. The van der Waals surface area contributed by atoms with E-state index in [0.717, 1.165) is 30.9 Å². The molecule has 2 N–H and O–H groups in total. The van der Waals surface area contributed by atoms with Crippen LogP contribution in [-0.2, 0) is 0 Å². The molecule has 9 nitrogen and oxygen atoms in total. The number of alkyl halides is 1. The number of anilines is 5. The van der Waals surface area contributed by atoms with E-state index in [1.54, 1.807) is 36.3 Å². The summed E-state index contributed by atoms with van der Waals surface area (Å²) >= 11 is 0. The lowest BCUT2D eigenvalue weighted by Gasteiger charge is -2.23. The zero-order valence-electron chi connectivity index (χ0n) is 21.5. The molecule has 2 aliphatic heterocycles. The molecular formula is C28H31FN6O3. The first-order chi connectivity index (χ1) is 18.5. The minimum Gasteiger partial charge on any atom is -0.489 e. The van der Waals surface area contributed by atoms with Gasteiger partial charge in [-0.3, -0.25) is 9.59 Å². The molecule has 1 aromatic heterocycles. The fourth-order valence-electron chi connectivity index (χ4n) is 4.80. The highest BCUT2D eigenvalue weighted by Crippen LogP contribution is 2.40. The minimum atomic E-state index is -0.656. The number of pyridine rings is 1. The van der Waals surface area contributed by atoms with Crippen LogP contribution in [0.2, 0.25) is 0 Å². The van der Waals surface area contributed by atoms with Crippen molar-refractivity contribution in [2.24, 2.45) is 0 Å². The summed E-state index contributed by atoms with van der Waals surface area (Å²) in [4.78, 5) is 36.1. The van der Waals surface area contributed by atoms with Gasteiger partial charge in [0.2, 0.25) is 0 Å². The van der Waals surface area contributed by atoms with E-state index in [1.807, 2.05) is 47.2 Å². The Kier molecular flexibility index (Phi) is 7.41. The number of ether oxygens (including phenoxy) is 1. The third-order valence-corrected chi connectivity index (χ3v) is 6.84. The standard InChI is InChI=1S/C28H31FN6O3/c1-33-22-7-4-3-6-20(22)28(37)34(2)24-18-31-26(17-23(24)33)32-21-9-8-19(16-25(21)38-15-10-29)27(36)35-13-5-11-30-12-14-35/h3-4,6-9,16-18,30H,5,10-15H2,1-2H3,(H,31,32). The van der Waals surface area contributed by atoms with Crippen LogP contribution in [0.25, 0.3) is 0 Å². The summed E-state index contributed by atoms with van der Waals surface area (Å²) in [6.45, 7) is 2.16. The molecule has 2 aromatic carbocycles. The second kappa shape index (κ2) is 11.1. The predicted octanol–water partition coefficient (Wildman–Crippen LogP) is 3.97. The number of aromatic nitrogens is 1. The van der Waals surface area contributed by atoms with Gasteiger partial charge in [-0.05, 0) is 43.3 Å². The molecule has 0 radical (unpaired) electrons. The minimum absolute atomic E-state index is 0.0819. The first kappa shape index (κ1) is 25.5. The number of carbonyl (C=O) groups is 2. The molecule has 38 heavy (non-hydrogen) atoms. The summed E-state index contributed by atoms with van der Waals surface area (Å²) in [5.74, 6) is 0.681. The second-order valence-corrected chi connectivity index (χ2v) is 9.27. The van der Waals surface area contributed by atoms with E-state index in [9.17, 15) is 14.0 Å². The van der Waals surface area contributed by atoms with Gasteiger partial charge in [0.15, 0.2) is 0 Å². The SMILES string of the molecule is CN1C(=O)c2ccccc2N(C)c2cc(Nc3ccc(C(=O)N4CCCNCC4)cc3OCCF)ncc21. The number of fused-ring (bicyclic) bond motifs is 2. The van der Waals surface area contributed by atoms with Gasteiger partial charge in [0.25, 0.3) is 11.8 Å². The Balaban J connectivity index is 1.45. The van der Waals surface area contributed by atoms with Gasteiger partial charge < -0.3 is 30.1 Å². The first-order valence-corrected chi connectivity index (χ1v) is 12.7. The smallest absolute Gasteiger partial charge is 0.260 e. The topological polar surface area (TPSA) is 90.0 Å². The fourth-order valence-corrected chi connectivity index (χ4v) is 4.80. The van der Waals surface area contributed by atoms with E-state index < -0.39 is 6.67 Å². The molecule has 1 saturated heterocycles. The van der Waals surface area contributed by atoms with Gasteiger partial charge in [-0.1, -0.05) is 12.1 Å². The summed E-state index contributed by atoms with van der Waals surface area (Å²) in [6.07, 6.45) is 2.53. The van der Waals surface area contributed by atoms with Gasteiger partial charge in [0.05, 0.1) is 34.5 Å². The van der Waals surface area contributed by atoms with E-state index >= 15 is 0 Å². The Labute approximate surface area is 221 Å². The van der Waals surface area contributed by atoms with E-state index in [2.05, 4.69) is 15.6 Å². The molecule has 5 rings (SSSR count). The predicted molar refractivity (Wildman–Crippen MR) is 146 cm³/mol. The van der Waals surface area contributed by atoms with Crippen LogP contribution in [-0.4, -0.2) is 75.3 Å². The maximum atomic E-state index is 13.1. The lowest BCUT2D eigenvalue weighted by Crippen LogP contribution is -2.34. The summed E-state index contributed by atoms with van der Waals surface area (Å²) in [7, 11) is 3.63. The molecular weight excluding hydrogens is 487 g/mol. The average molecular weight is 519 g/mol. The van der Waals surface area contributed by atoms with Crippen LogP contribution in [0.3, 0.4) is 0 Å². The number of carbonyl (C=O) groups excluding carboxylic acids is 2. The van der Waals surface area contributed by atoms with Crippen LogP contribution in [0, 0.1) is 0 Å². The van der Waals surface area contributed by atoms with Gasteiger partial charge in [-0.2, -0.15) is 0 Å². The Hall–Kier alpha value is -4.18. The molecule has 198 valence electrons. The number of hydrogen-bond acceptors (Lipinski definition) is 7. The molecule has 2 amide bonds. The number of benzene rings is 2. The molecule has 1 fully saturated rings. The van der Waals surface area contributed by atoms with E-state index in [-0.39, 0.29) is 18.4 Å². The van der Waals surface area contributed by atoms with Crippen LogP contribution in [0.5, 0.6) is 5.75 Å². The molecule has 3 aromatic rings. The molecule has 3 heterocycles. The number of para-hydroxylation sites is 1. The highest BCUT2D eigenvalue weighted by Gasteiger charge is 2.28. The van der Waals surface area contributed by atoms with E-state index in [4.69, 9.17) is 4.74 Å². The van der Waals surface area contributed by atoms with Crippen molar-refractivity contribution in [2.75, 3.05) is 68.7 Å². The molecule has 0 bridgehead atoms. The molecule has 0 atom stereocenters. The Bertz CT molecular complexity index is 1340. The van der Waals surface area contributed by atoms with Crippen molar-refractivity contribution in [2.45, 2.75) is 6.42 Å².